The lowest BCUT2D eigenvalue weighted by Gasteiger charge is -2.20. The van der Waals surface area contributed by atoms with Crippen LogP contribution in [0.1, 0.15) is 30.4 Å². The smallest absolute Gasteiger partial charge is 0.351 e. The molecule has 1 aliphatic heterocycles. The number of carbonyl (C=O) groups excluding carboxylic acids is 2. The van der Waals surface area contributed by atoms with Crippen molar-refractivity contribution in [1.82, 2.24) is 25.0 Å². The third kappa shape index (κ3) is 5.08. The molecule has 1 saturated heterocycles. The van der Waals surface area contributed by atoms with Gasteiger partial charge in [-0.25, -0.2) is 4.98 Å². The Bertz CT molecular complexity index is 823. The van der Waals surface area contributed by atoms with Crippen LogP contribution in [0.3, 0.4) is 0 Å². The van der Waals surface area contributed by atoms with Gasteiger partial charge in [-0.05, 0) is 18.1 Å². The number of amides is 2. The fourth-order valence-electron chi connectivity index (χ4n) is 3.21. The SMILES string of the molecule is O=C(CCCn1cncn1)NC1CC(=O)N(Cc2ccccc2C(F)(F)F)C1. The van der Waals surface area contributed by atoms with Crippen LogP contribution < -0.4 is 5.32 Å². The largest absolute Gasteiger partial charge is 0.416 e. The summed E-state index contributed by atoms with van der Waals surface area (Å²) in [6, 6.07) is 4.81. The molecule has 28 heavy (non-hydrogen) atoms. The standard InChI is InChI=1S/C18H20F3N5O2/c19-18(20,21)15-5-2-1-4-13(15)9-25-10-14(8-17(25)28)24-16(27)6-3-7-26-12-22-11-23-26/h1-2,4-5,11-12,14H,3,6-10H2,(H,24,27). The molecule has 2 amide bonds. The van der Waals surface area contributed by atoms with Crippen LogP contribution in [-0.4, -0.2) is 44.1 Å². The van der Waals surface area contributed by atoms with Gasteiger partial charge >= 0.3 is 6.18 Å². The zero-order chi connectivity index (χ0) is 20.1. The molecule has 2 aromatic rings. The van der Waals surface area contributed by atoms with Crippen LogP contribution in [0.5, 0.6) is 0 Å². The first-order valence-electron chi connectivity index (χ1n) is 8.87. The number of nitrogens with one attached hydrogen (secondary N) is 1. The Labute approximate surface area is 159 Å². The molecule has 0 saturated carbocycles. The highest BCUT2D eigenvalue weighted by Crippen LogP contribution is 2.32. The van der Waals surface area contributed by atoms with Crippen LogP contribution >= 0.6 is 0 Å². The average Bonchev–Trinajstić information content (AvgIpc) is 3.25. The molecule has 0 radical (unpaired) electrons. The van der Waals surface area contributed by atoms with E-state index in [0.29, 0.717) is 13.0 Å². The minimum Gasteiger partial charge on any atom is -0.351 e. The van der Waals surface area contributed by atoms with Crippen LogP contribution in [0.15, 0.2) is 36.9 Å². The molecule has 3 rings (SSSR count). The van der Waals surface area contributed by atoms with Crippen molar-refractivity contribution in [3.63, 3.8) is 0 Å². The van der Waals surface area contributed by atoms with Gasteiger partial charge in [0.15, 0.2) is 0 Å². The third-order valence-corrected chi connectivity index (χ3v) is 4.52. The van der Waals surface area contributed by atoms with Gasteiger partial charge in [-0.1, -0.05) is 18.2 Å². The second-order valence-corrected chi connectivity index (χ2v) is 6.66. The van der Waals surface area contributed by atoms with E-state index < -0.39 is 17.8 Å². The van der Waals surface area contributed by atoms with Gasteiger partial charge in [-0.15, -0.1) is 0 Å². The number of aromatic nitrogens is 3. The summed E-state index contributed by atoms with van der Waals surface area (Å²) in [5.41, 5.74) is -0.702. The zero-order valence-electron chi connectivity index (χ0n) is 15.0. The molecule has 1 N–H and O–H groups in total. The van der Waals surface area contributed by atoms with Crippen molar-refractivity contribution in [3.05, 3.63) is 48.0 Å². The van der Waals surface area contributed by atoms with E-state index in [9.17, 15) is 22.8 Å². The number of rotatable bonds is 7. The maximum absolute atomic E-state index is 13.1. The van der Waals surface area contributed by atoms with Crippen molar-refractivity contribution < 1.29 is 22.8 Å². The van der Waals surface area contributed by atoms with Crippen LogP contribution in [0.2, 0.25) is 0 Å². The van der Waals surface area contributed by atoms with Gasteiger partial charge < -0.3 is 10.2 Å². The minimum absolute atomic E-state index is 0.0446. The monoisotopic (exact) mass is 395 g/mol. The summed E-state index contributed by atoms with van der Waals surface area (Å²) in [5.74, 6) is -0.472. The lowest BCUT2D eigenvalue weighted by Crippen LogP contribution is -2.37. The van der Waals surface area contributed by atoms with E-state index in [1.807, 2.05) is 0 Å². The van der Waals surface area contributed by atoms with E-state index >= 15 is 0 Å². The molecule has 1 aromatic carbocycles. The molecule has 1 atom stereocenters. The van der Waals surface area contributed by atoms with Crippen LogP contribution in [0, 0.1) is 0 Å². The molecule has 0 bridgehead atoms. The number of likely N-dealkylation sites (tertiary alicyclic amines) is 1. The number of nitrogens with zero attached hydrogens (tertiary/aromatic N) is 4. The molecule has 0 spiro atoms. The van der Waals surface area contributed by atoms with E-state index in [-0.39, 0.29) is 43.3 Å². The predicted octanol–water partition coefficient (Wildman–Crippen LogP) is 1.99. The fourth-order valence-corrected chi connectivity index (χ4v) is 3.21. The van der Waals surface area contributed by atoms with Gasteiger partial charge in [0, 0.05) is 32.5 Å². The molecule has 1 unspecified atom stereocenters. The maximum atomic E-state index is 13.1. The highest BCUT2D eigenvalue weighted by molar-refractivity contribution is 5.82. The van der Waals surface area contributed by atoms with Crippen LogP contribution in [0.4, 0.5) is 13.2 Å². The summed E-state index contributed by atoms with van der Waals surface area (Å²) in [6.07, 6.45) is -0.583. The number of halogens is 3. The van der Waals surface area contributed by atoms with Gasteiger partial charge in [0.2, 0.25) is 11.8 Å². The molecule has 0 aliphatic carbocycles. The average molecular weight is 395 g/mol. The lowest BCUT2D eigenvalue weighted by molar-refractivity contribution is -0.139. The van der Waals surface area contributed by atoms with Crippen molar-refractivity contribution in [1.29, 1.82) is 0 Å². The summed E-state index contributed by atoms with van der Waals surface area (Å²) < 4.78 is 41.0. The van der Waals surface area contributed by atoms with E-state index in [4.69, 9.17) is 0 Å². The van der Waals surface area contributed by atoms with Crippen molar-refractivity contribution >= 4 is 11.8 Å². The molecule has 1 aliphatic rings. The van der Waals surface area contributed by atoms with Gasteiger partial charge in [0.1, 0.15) is 12.7 Å². The van der Waals surface area contributed by atoms with E-state index in [1.165, 1.54) is 29.4 Å². The Balaban J connectivity index is 1.50. The second-order valence-electron chi connectivity index (χ2n) is 6.66. The zero-order valence-corrected chi connectivity index (χ0v) is 15.0. The number of hydrogen-bond acceptors (Lipinski definition) is 4. The van der Waals surface area contributed by atoms with Crippen molar-refractivity contribution in [2.45, 2.75) is 44.6 Å². The van der Waals surface area contributed by atoms with Crippen molar-refractivity contribution in [2.75, 3.05) is 6.54 Å². The van der Waals surface area contributed by atoms with Gasteiger partial charge in [-0.3, -0.25) is 14.3 Å². The summed E-state index contributed by atoms with van der Waals surface area (Å²) >= 11 is 0. The molecule has 1 aromatic heterocycles. The van der Waals surface area contributed by atoms with Crippen LogP contribution in [0.25, 0.3) is 0 Å². The minimum atomic E-state index is -4.48. The Kier molecular flexibility index (Phi) is 5.96. The van der Waals surface area contributed by atoms with Crippen LogP contribution in [-0.2, 0) is 28.9 Å². The van der Waals surface area contributed by atoms with E-state index in [1.54, 1.807) is 11.0 Å². The molecular weight excluding hydrogens is 375 g/mol. The summed E-state index contributed by atoms with van der Waals surface area (Å²) in [6.45, 7) is 0.615. The molecule has 1 fully saturated rings. The molecule has 150 valence electrons. The fraction of sp³-hybridized carbons (Fsp3) is 0.444. The Morgan fingerprint density at radius 2 is 2.07 bits per heavy atom. The van der Waals surface area contributed by atoms with E-state index in [2.05, 4.69) is 15.4 Å². The van der Waals surface area contributed by atoms with Crippen molar-refractivity contribution in [3.8, 4) is 0 Å². The highest BCUT2D eigenvalue weighted by atomic mass is 19.4. The number of alkyl halides is 3. The number of carbonyl (C=O) groups is 2. The number of aryl methyl sites for hydroxylation is 1. The summed E-state index contributed by atoms with van der Waals surface area (Å²) in [5, 5.41) is 6.72. The molecule has 2 heterocycles. The van der Waals surface area contributed by atoms with Gasteiger partial charge in [0.05, 0.1) is 11.6 Å². The number of hydrogen-bond donors (Lipinski definition) is 1. The topological polar surface area (TPSA) is 80.1 Å². The van der Waals surface area contributed by atoms with E-state index in [0.717, 1.165) is 6.07 Å². The summed E-state index contributed by atoms with van der Waals surface area (Å²) in [7, 11) is 0. The Morgan fingerprint density at radius 3 is 2.79 bits per heavy atom. The first-order chi connectivity index (χ1) is 13.3. The summed E-state index contributed by atoms with van der Waals surface area (Å²) in [4.78, 5) is 29.4. The lowest BCUT2D eigenvalue weighted by atomic mass is 10.1. The number of benzene rings is 1. The normalized spacial score (nSPS) is 17.2. The third-order valence-electron chi connectivity index (χ3n) is 4.52. The molecular formula is C18H20F3N5O2. The van der Waals surface area contributed by atoms with Gasteiger partial charge in [0.25, 0.3) is 0 Å². The Hall–Kier alpha value is -2.91. The maximum Gasteiger partial charge on any atom is 0.416 e. The molecule has 7 nitrogen and oxygen atoms in total. The quantitative estimate of drug-likeness (QED) is 0.778. The molecule has 10 heteroatoms. The predicted molar refractivity (Wildman–Crippen MR) is 92.7 cm³/mol. The first-order valence-corrected chi connectivity index (χ1v) is 8.87. The van der Waals surface area contributed by atoms with Gasteiger partial charge in [-0.2, -0.15) is 18.3 Å². The van der Waals surface area contributed by atoms with Crippen molar-refractivity contribution in [2.24, 2.45) is 0 Å². The highest BCUT2D eigenvalue weighted by Gasteiger charge is 2.35. The Morgan fingerprint density at radius 1 is 1.29 bits per heavy atom. The first kappa shape index (κ1) is 19.8. The second kappa shape index (κ2) is 8.41.